The van der Waals surface area contributed by atoms with Crippen LogP contribution in [0.3, 0.4) is 0 Å². The standard InChI is InChI=1S/C14H28N2O2/c1-10(2)14(18)13(16-11(3)4)8-6-7-9-15-12(5)17/h10-11,13,16H,6-9H2,1-5H3,(H,15,17)/t13-/m0/s1. The molecule has 0 aromatic carbocycles. The number of carbonyl (C=O) groups excluding carboxylic acids is 2. The van der Waals surface area contributed by atoms with Gasteiger partial charge in [-0.1, -0.05) is 27.7 Å². The number of carbonyl (C=O) groups is 2. The van der Waals surface area contributed by atoms with Gasteiger partial charge >= 0.3 is 0 Å². The Morgan fingerprint density at radius 3 is 2.11 bits per heavy atom. The summed E-state index contributed by atoms with van der Waals surface area (Å²) in [5.41, 5.74) is 0. The summed E-state index contributed by atoms with van der Waals surface area (Å²) >= 11 is 0. The molecule has 0 aliphatic carbocycles. The first-order valence-electron chi connectivity index (χ1n) is 6.88. The van der Waals surface area contributed by atoms with Crippen LogP contribution in [0.5, 0.6) is 0 Å². The van der Waals surface area contributed by atoms with E-state index in [1.807, 2.05) is 13.8 Å². The average molecular weight is 256 g/mol. The lowest BCUT2D eigenvalue weighted by atomic mass is 9.96. The van der Waals surface area contributed by atoms with Gasteiger partial charge in [-0.15, -0.1) is 0 Å². The number of nitrogens with one attached hydrogen (secondary N) is 2. The van der Waals surface area contributed by atoms with Crippen LogP contribution in [-0.2, 0) is 9.59 Å². The third-order valence-corrected chi connectivity index (χ3v) is 2.74. The molecule has 0 fully saturated rings. The lowest BCUT2D eigenvalue weighted by Gasteiger charge is -2.22. The van der Waals surface area contributed by atoms with Crippen LogP contribution in [-0.4, -0.2) is 30.3 Å². The molecule has 0 radical (unpaired) electrons. The second-order valence-electron chi connectivity index (χ2n) is 5.41. The molecule has 2 N–H and O–H groups in total. The quantitative estimate of drug-likeness (QED) is 0.619. The molecule has 0 spiro atoms. The zero-order valence-electron chi connectivity index (χ0n) is 12.4. The van der Waals surface area contributed by atoms with Crippen molar-refractivity contribution in [2.24, 2.45) is 5.92 Å². The zero-order chi connectivity index (χ0) is 14.1. The molecule has 4 heteroatoms. The van der Waals surface area contributed by atoms with Crippen molar-refractivity contribution in [1.29, 1.82) is 0 Å². The van der Waals surface area contributed by atoms with Gasteiger partial charge in [0.2, 0.25) is 5.91 Å². The monoisotopic (exact) mass is 256 g/mol. The predicted octanol–water partition coefficient (Wildman–Crippen LogP) is 1.88. The molecule has 0 saturated heterocycles. The van der Waals surface area contributed by atoms with E-state index < -0.39 is 0 Å². The third-order valence-electron chi connectivity index (χ3n) is 2.74. The molecule has 4 nitrogen and oxygen atoms in total. The van der Waals surface area contributed by atoms with Crippen LogP contribution >= 0.6 is 0 Å². The van der Waals surface area contributed by atoms with E-state index in [4.69, 9.17) is 0 Å². The second-order valence-corrected chi connectivity index (χ2v) is 5.41. The number of unbranched alkanes of at least 4 members (excludes halogenated alkanes) is 1. The number of amides is 1. The highest BCUT2D eigenvalue weighted by atomic mass is 16.1. The molecule has 1 amide bonds. The number of ketones is 1. The number of hydrogen-bond acceptors (Lipinski definition) is 3. The van der Waals surface area contributed by atoms with E-state index in [0.717, 1.165) is 19.3 Å². The number of rotatable bonds is 9. The Hall–Kier alpha value is -0.900. The van der Waals surface area contributed by atoms with E-state index in [1.54, 1.807) is 0 Å². The van der Waals surface area contributed by atoms with E-state index in [0.29, 0.717) is 12.6 Å². The normalized spacial score (nSPS) is 12.8. The first-order valence-corrected chi connectivity index (χ1v) is 6.88. The van der Waals surface area contributed by atoms with Crippen molar-refractivity contribution in [3.8, 4) is 0 Å². The SMILES string of the molecule is CC(=O)NCCCC[C@H](NC(C)C)C(=O)C(C)C. The molecule has 0 aliphatic rings. The summed E-state index contributed by atoms with van der Waals surface area (Å²) in [5.74, 6) is 0.352. The highest BCUT2D eigenvalue weighted by molar-refractivity contribution is 5.85. The molecule has 0 saturated carbocycles. The van der Waals surface area contributed by atoms with Gasteiger partial charge in [-0.3, -0.25) is 9.59 Å². The van der Waals surface area contributed by atoms with Gasteiger partial charge in [0.05, 0.1) is 6.04 Å². The van der Waals surface area contributed by atoms with Crippen LogP contribution in [0.4, 0.5) is 0 Å². The lowest BCUT2D eigenvalue weighted by Crippen LogP contribution is -2.42. The highest BCUT2D eigenvalue weighted by Gasteiger charge is 2.20. The molecule has 0 unspecified atom stereocenters. The Morgan fingerprint density at radius 1 is 1.06 bits per heavy atom. The van der Waals surface area contributed by atoms with Crippen molar-refractivity contribution < 1.29 is 9.59 Å². The fourth-order valence-electron chi connectivity index (χ4n) is 1.85. The second kappa shape index (κ2) is 9.09. The molecule has 0 aliphatic heterocycles. The Bertz CT molecular complexity index is 263. The smallest absolute Gasteiger partial charge is 0.216 e. The molecule has 106 valence electrons. The number of Topliss-reactive ketones (excluding diaryl/α,β-unsaturated/α-hetero) is 1. The van der Waals surface area contributed by atoms with Gasteiger partial charge < -0.3 is 10.6 Å². The van der Waals surface area contributed by atoms with Crippen molar-refractivity contribution in [3.63, 3.8) is 0 Å². The van der Waals surface area contributed by atoms with E-state index in [9.17, 15) is 9.59 Å². The maximum atomic E-state index is 12.0. The molecule has 0 rings (SSSR count). The van der Waals surface area contributed by atoms with Crippen LogP contribution in [0.2, 0.25) is 0 Å². The van der Waals surface area contributed by atoms with Gasteiger partial charge in [0.1, 0.15) is 0 Å². The maximum absolute atomic E-state index is 12.0. The van der Waals surface area contributed by atoms with E-state index in [2.05, 4.69) is 24.5 Å². The number of hydrogen-bond donors (Lipinski definition) is 2. The Kier molecular flexibility index (Phi) is 8.63. The lowest BCUT2D eigenvalue weighted by molar-refractivity contribution is -0.124. The summed E-state index contributed by atoms with van der Waals surface area (Å²) < 4.78 is 0. The summed E-state index contributed by atoms with van der Waals surface area (Å²) in [5, 5.41) is 6.09. The van der Waals surface area contributed by atoms with Crippen molar-refractivity contribution in [3.05, 3.63) is 0 Å². The Labute approximate surface area is 111 Å². The van der Waals surface area contributed by atoms with Crippen molar-refractivity contribution in [2.75, 3.05) is 6.54 Å². The van der Waals surface area contributed by atoms with Crippen molar-refractivity contribution in [2.45, 2.75) is 66.0 Å². The summed E-state index contributed by atoms with van der Waals surface area (Å²) in [4.78, 5) is 22.7. The molecule has 0 aromatic rings. The van der Waals surface area contributed by atoms with Crippen molar-refractivity contribution in [1.82, 2.24) is 10.6 Å². The summed E-state index contributed by atoms with van der Waals surface area (Å²) in [6.07, 6.45) is 2.71. The summed E-state index contributed by atoms with van der Waals surface area (Å²) in [7, 11) is 0. The molecular formula is C14H28N2O2. The largest absolute Gasteiger partial charge is 0.356 e. The molecule has 0 bridgehead atoms. The topological polar surface area (TPSA) is 58.2 Å². The average Bonchev–Trinajstić information content (AvgIpc) is 2.24. The van der Waals surface area contributed by atoms with Crippen LogP contribution in [0.1, 0.15) is 53.9 Å². The van der Waals surface area contributed by atoms with Crippen LogP contribution < -0.4 is 10.6 Å². The maximum Gasteiger partial charge on any atom is 0.216 e. The van der Waals surface area contributed by atoms with Crippen LogP contribution in [0.25, 0.3) is 0 Å². The van der Waals surface area contributed by atoms with Gasteiger partial charge in [0.15, 0.2) is 5.78 Å². The Balaban J connectivity index is 4.01. The summed E-state index contributed by atoms with van der Waals surface area (Å²) in [6, 6.07) is 0.260. The minimum atomic E-state index is -0.0534. The van der Waals surface area contributed by atoms with Crippen LogP contribution in [0.15, 0.2) is 0 Å². The first kappa shape index (κ1) is 17.1. The molecule has 1 atom stereocenters. The van der Waals surface area contributed by atoms with Crippen LogP contribution in [0, 0.1) is 5.92 Å². The molecule has 0 aromatic heterocycles. The minimum absolute atomic E-state index is 0.00473. The third kappa shape index (κ3) is 8.23. The highest BCUT2D eigenvalue weighted by Crippen LogP contribution is 2.08. The fraction of sp³-hybridized carbons (Fsp3) is 0.857. The van der Waals surface area contributed by atoms with Gasteiger partial charge in [-0.2, -0.15) is 0 Å². The fourth-order valence-corrected chi connectivity index (χ4v) is 1.85. The molecule has 0 heterocycles. The zero-order valence-corrected chi connectivity index (χ0v) is 12.4. The van der Waals surface area contributed by atoms with E-state index in [1.165, 1.54) is 6.92 Å². The van der Waals surface area contributed by atoms with E-state index in [-0.39, 0.29) is 23.7 Å². The molecule has 18 heavy (non-hydrogen) atoms. The van der Waals surface area contributed by atoms with E-state index >= 15 is 0 Å². The van der Waals surface area contributed by atoms with Gasteiger partial charge in [-0.25, -0.2) is 0 Å². The first-order chi connectivity index (χ1) is 8.34. The van der Waals surface area contributed by atoms with Gasteiger partial charge in [0.25, 0.3) is 0 Å². The molecular weight excluding hydrogens is 228 g/mol. The predicted molar refractivity (Wildman–Crippen MR) is 74.4 cm³/mol. The van der Waals surface area contributed by atoms with Crippen molar-refractivity contribution >= 4 is 11.7 Å². The van der Waals surface area contributed by atoms with Gasteiger partial charge in [-0.05, 0) is 19.3 Å². The minimum Gasteiger partial charge on any atom is -0.356 e. The Morgan fingerprint density at radius 2 is 1.67 bits per heavy atom. The summed E-state index contributed by atoms with van der Waals surface area (Å²) in [6.45, 7) is 10.2. The van der Waals surface area contributed by atoms with Gasteiger partial charge in [0, 0.05) is 25.4 Å².